The van der Waals surface area contributed by atoms with E-state index in [1.54, 1.807) is 24.9 Å². The Morgan fingerprint density at radius 1 is 1.12 bits per heavy atom. The average molecular weight is 454 g/mol. The number of carbonyl (C=O) groups excluding carboxylic acids is 1. The fourth-order valence-corrected chi connectivity index (χ4v) is 4.84. The summed E-state index contributed by atoms with van der Waals surface area (Å²) in [5.41, 5.74) is 1.36. The van der Waals surface area contributed by atoms with E-state index >= 15 is 0 Å². The SMILES string of the molecule is COc1ccc(Cn2c(SCC(=O)NC3CCCC3)nc3ccccc3c2=O)cc1OC. The molecule has 1 aliphatic rings. The number of amides is 1. The van der Waals surface area contributed by atoms with E-state index < -0.39 is 0 Å². The summed E-state index contributed by atoms with van der Waals surface area (Å²) >= 11 is 1.29. The minimum absolute atomic E-state index is 0.0259. The lowest BCUT2D eigenvalue weighted by Crippen LogP contribution is -2.34. The molecule has 0 radical (unpaired) electrons. The molecular weight excluding hydrogens is 426 g/mol. The molecule has 1 aromatic heterocycles. The molecule has 7 nitrogen and oxygen atoms in total. The Balaban J connectivity index is 1.63. The highest BCUT2D eigenvalue weighted by molar-refractivity contribution is 7.99. The van der Waals surface area contributed by atoms with E-state index in [1.165, 1.54) is 11.8 Å². The van der Waals surface area contributed by atoms with Gasteiger partial charge in [0, 0.05) is 6.04 Å². The summed E-state index contributed by atoms with van der Waals surface area (Å²) in [5.74, 6) is 1.41. The quantitative estimate of drug-likeness (QED) is 0.414. The van der Waals surface area contributed by atoms with Crippen LogP contribution in [0, 0.1) is 0 Å². The van der Waals surface area contributed by atoms with Crippen LogP contribution in [0.3, 0.4) is 0 Å². The number of nitrogens with one attached hydrogen (secondary N) is 1. The molecule has 168 valence electrons. The average Bonchev–Trinajstić information content (AvgIpc) is 3.32. The number of benzene rings is 2. The van der Waals surface area contributed by atoms with E-state index in [0.717, 1.165) is 31.2 Å². The Labute approximate surface area is 191 Å². The molecule has 1 aliphatic carbocycles. The van der Waals surface area contributed by atoms with Crippen molar-refractivity contribution in [3.63, 3.8) is 0 Å². The predicted molar refractivity (Wildman–Crippen MR) is 126 cm³/mol. The largest absolute Gasteiger partial charge is 0.493 e. The number of thioether (sulfide) groups is 1. The molecule has 1 saturated carbocycles. The van der Waals surface area contributed by atoms with Crippen molar-refractivity contribution in [3.05, 3.63) is 58.4 Å². The van der Waals surface area contributed by atoms with Crippen molar-refractivity contribution in [2.75, 3.05) is 20.0 Å². The van der Waals surface area contributed by atoms with Gasteiger partial charge in [-0.3, -0.25) is 14.2 Å². The number of carbonyl (C=O) groups is 1. The molecule has 0 bridgehead atoms. The number of nitrogens with zero attached hydrogens (tertiary/aromatic N) is 2. The number of fused-ring (bicyclic) bond motifs is 1. The van der Waals surface area contributed by atoms with Crippen LogP contribution in [0.2, 0.25) is 0 Å². The zero-order chi connectivity index (χ0) is 22.5. The van der Waals surface area contributed by atoms with Gasteiger partial charge in [-0.25, -0.2) is 4.98 Å². The van der Waals surface area contributed by atoms with Crippen LogP contribution >= 0.6 is 11.8 Å². The molecule has 2 aromatic carbocycles. The molecule has 3 aromatic rings. The molecule has 0 saturated heterocycles. The van der Waals surface area contributed by atoms with Crippen molar-refractivity contribution in [2.45, 2.75) is 43.4 Å². The molecule has 0 unspecified atom stereocenters. The van der Waals surface area contributed by atoms with Crippen LogP contribution in [0.1, 0.15) is 31.2 Å². The van der Waals surface area contributed by atoms with Crippen molar-refractivity contribution >= 4 is 28.6 Å². The third-order valence-corrected chi connectivity index (χ3v) is 6.64. The predicted octanol–water partition coefficient (Wildman–Crippen LogP) is 3.61. The Morgan fingerprint density at radius 3 is 2.62 bits per heavy atom. The highest BCUT2D eigenvalue weighted by Gasteiger charge is 2.19. The normalized spacial score (nSPS) is 13.9. The lowest BCUT2D eigenvalue weighted by atomic mass is 10.2. The summed E-state index contributed by atoms with van der Waals surface area (Å²) in [6.07, 6.45) is 4.40. The molecule has 1 N–H and O–H groups in total. The maximum atomic E-state index is 13.3. The first kappa shape index (κ1) is 22.2. The van der Waals surface area contributed by atoms with Crippen molar-refractivity contribution < 1.29 is 14.3 Å². The molecule has 1 amide bonds. The number of hydrogen-bond acceptors (Lipinski definition) is 6. The Hall–Kier alpha value is -3.00. The van der Waals surface area contributed by atoms with Gasteiger partial charge in [0.05, 0.1) is 37.4 Å². The van der Waals surface area contributed by atoms with Gasteiger partial charge in [0.15, 0.2) is 16.7 Å². The maximum absolute atomic E-state index is 13.3. The Bertz CT molecular complexity index is 1170. The summed E-state index contributed by atoms with van der Waals surface area (Å²) in [5, 5.41) is 4.16. The topological polar surface area (TPSA) is 82.5 Å². The minimum atomic E-state index is -0.135. The molecule has 0 atom stereocenters. The summed E-state index contributed by atoms with van der Waals surface area (Å²) in [4.78, 5) is 30.5. The first-order valence-corrected chi connectivity index (χ1v) is 11.7. The lowest BCUT2D eigenvalue weighted by Gasteiger charge is -2.15. The maximum Gasteiger partial charge on any atom is 0.262 e. The number of ether oxygens (including phenoxy) is 2. The zero-order valence-electron chi connectivity index (χ0n) is 18.3. The standard InChI is InChI=1S/C24H27N3O4S/c1-30-20-12-11-16(13-21(20)31-2)14-27-23(29)18-9-5-6-10-19(18)26-24(27)32-15-22(28)25-17-7-3-4-8-17/h5-6,9-13,17H,3-4,7-8,14-15H2,1-2H3,(H,25,28). The van der Waals surface area contributed by atoms with Crippen molar-refractivity contribution in [1.82, 2.24) is 14.9 Å². The van der Waals surface area contributed by atoms with E-state index in [0.29, 0.717) is 34.1 Å². The van der Waals surface area contributed by atoms with Crippen LogP contribution in [-0.4, -0.2) is 41.5 Å². The molecule has 4 rings (SSSR count). The van der Waals surface area contributed by atoms with Crippen LogP contribution < -0.4 is 20.3 Å². The second-order valence-electron chi connectivity index (χ2n) is 7.83. The molecule has 8 heteroatoms. The summed E-state index contributed by atoms with van der Waals surface area (Å²) in [6, 6.07) is 13.1. The first-order valence-electron chi connectivity index (χ1n) is 10.7. The number of rotatable bonds is 8. The summed E-state index contributed by atoms with van der Waals surface area (Å²) in [6.45, 7) is 0.309. The highest BCUT2D eigenvalue weighted by atomic mass is 32.2. The molecule has 1 fully saturated rings. The van der Waals surface area contributed by atoms with Crippen LogP contribution in [0.4, 0.5) is 0 Å². The first-order chi connectivity index (χ1) is 15.6. The summed E-state index contributed by atoms with van der Waals surface area (Å²) in [7, 11) is 3.16. The van der Waals surface area contributed by atoms with E-state index in [2.05, 4.69) is 5.32 Å². The summed E-state index contributed by atoms with van der Waals surface area (Å²) < 4.78 is 12.3. The third kappa shape index (κ3) is 4.91. The van der Waals surface area contributed by atoms with Gasteiger partial charge in [0.1, 0.15) is 0 Å². The Kier molecular flexibility index (Phi) is 6.99. The van der Waals surface area contributed by atoms with Crippen molar-refractivity contribution in [3.8, 4) is 11.5 Å². The van der Waals surface area contributed by atoms with Gasteiger partial charge in [-0.1, -0.05) is 42.8 Å². The van der Waals surface area contributed by atoms with Crippen molar-refractivity contribution in [1.29, 1.82) is 0 Å². The molecule has 0 spiro atoms. The third-order valence-electron chi connectivity index (χ3n) is 5.67. The minimum Gasteiger partial charge on any atom is -0.493 e. The monoisotopic (exact) mass is 453 g/mol. The number of para-hydroxylation sites is 1. The van der Waals surface area contributed by atoms with Gasteiger partial charge in [-0.15, -0.1) is 0 Å². The molecule has 0 aliphatic heterocycles. The highest BCUT2D eigenvalue weighted by Crippen LogP contribution is 2.28. The second-order valence-corrected chi connectivity index (χ2v) is 8.77. The zero-order valence-corrected chi connectivity index (χ0v) is 19.1. The van der Waals surface area contributed by atoms with Gasteiger partial charge in [-0.2, -0.15) is 0 Å². The number of aromatic nitrogens is 2. The van der Waals surface area contributed by atoms with Crippen LogP contribution in [0.25, 0.3) is 10.9 Å². The van der Waals surface area contributed by atoms with E-state index in [-0.39, 0.29) is 23.3 Å². The smallest absolute Gasteiger partial charge is 0.262 e. The molecular formula is C24H27N3O4S. The van der Waals surface area contributed by atoms with Crippen LogP contribution in [0.5, 0.6) is 11.5 Å². The van der Waals surface area contributed by atoms with E-state index in [1.807, 2.05) is 36.4 Å². The van der Waals surface area contributed by atoms with E-state index in [4.69, 9.17) is 14.5 Å². The van der Waals surface area contributed by atoms with Crippen LogP contribution in [-0.2, 0) is 11.3 Å². The second kappa shape index (κ2) is 10.1. The van der Waals surface area contributed by atoms with E-state index in [9.17, 15) is 9.59 Å². The lowest BCUT2D eigenvalue weighted by molar-refractivity contribution is -0.119. The number of hydrogen-bond donors (Lipinski definition) is 1. The van der Waals surface area contributed by atoms with Gasteiger partial charge >= 0.3 is 0 Å². The Morgan fingerprint density at radius 2 is 1.88 bits per heavy atom. The molecule has 32 heavy (non-hydrogen) atoms. The van der Waals surface area contributed by atoms with Crippen LogP contribution in [0.15, 0.2) is 52.4 Å². The fraction of sp³-hybridized carbons (Fsp3) is 0.375. The van der Waals surface area contributed by atoms with Crippen molar-refractivity contribution in [2.24, 2.45) is 0 Å². The van der Waals surface area contributed by atoms with Gasteiger partial charge in [0.2, 0.25) is 5.91 Å². The number of methoxy groups -OCH3 is 2. The van der Waals surface area contributed by atoms with Gasteiger partial charge < -0.3 is 14.8 Å². The van der Waals surface area contributed by atoms with Gasteiger partial charge in [0.25, 0.3) is 5.56 Å². The molecule has 1 heterocycles. The fourth-order valence-electron chi connectivity index (χ4n) is 4.03. The van der Waals surface area contributed by atoms with Gasteiger partial charge in [-0.05, 0) is 42.7 Å².